The fraction of sp³-hybridized carbons (Fsp3) is 0.836. The average Bonchev–Trinajstić information content (AvgIpc) is 1.80. The number of fused-ring (bicyclic) bond motifs is 3. The summed E-state index contributed by atoms with van der Waals surface area (Å²) in [6, 6.07) is -12.6. The minimum Gasteiger partial charge on any atom is -0.379 e. The van der Waals surface area contributed by atoms with E-state index in [1.54, 1.807) is 11.9 Å². The molecule has 14 atom stereocenters. The molecule has 7 aliphatic rings. The number of likely N-dealkylation sites (N-methyl/N-ethyl adjacent to an activating group) is 4. The lowest BCUT2D eigenvalue weighted by Crippen LogP contribution is -2.63. The third kappa shape index (κ3) is 20.8. The van der Waals surface area contributed by atoms with E-state index in [1.165, 1.54) is 62.4 Å². The van der Waals surface area contributed by atoms with Gasteiger partial charge in [-0.2, -0.15) is 0 Å². The number of carbonyl (C=O) groups excluding carboxylic acids is 12. The van der Waals surface area contributed by atoms with Crippen molar-refractivity contribution in [1.29, 1.82) is 0 Å². The third-order valence-electron chi connectivity index (χ3n) is 22.7. The van der Waals surface area contributed by atoms with Crippen LogP contribution < -0.4 is 21.3 Å². The smallest absolute Gasteiger partial charge is 0.246 e. The van der Waals surface area contributed by atoms with Crippen LogP contribution in [0.4, 0.5) is 0 Å². The van der Waals surface area contributed by atoms with Crippen LogP contribution in [0.25, 0.3) is 0 Å². The standard InChI is InChI=1S/C73H121ClN12O13/c1-11-15-31-52-67(92)80(8)58(44-49-27-18-17-19-28-49)71(96)82(10)60(46-99-41-13-3)66(91)77-54(43-50-29-24-30-51(74)42-50)69(94)84-38-21-20-33-55(84)65(90)78-62(47(5)14-4)73(98)86-40-26-35-57(86)70(95)81(9)59(72(97)83-36-22-23-37-83)45-61(87)79(7)48(6)63(88)75-53(32-16-12-2)68(93)85-39-25-34-56(85)64(89)76-52/h47-60,62H,11-46H2,1-10H3,(H,75,88)(H,76,89)(H,77,91)(H,78,90)/t47-,48+,50?,51?,52-,53-,54-,55-,56-,57-,58-,59-,60-,62-/m0/s1. The Balaban J connectivity index is 1.30. The van der Waals surface area contributed by atoms with Crippen molar-refractivity contribution >= 4 is 82.5 Å². The van der Waals surface area contributed by atoms with Crippen molar-refractivity contribution in [2.75, 3.05) is 74.1 Å². The highest BCUT2D eigenvalue weighted by Crippen LogP contribution is 2.34. The Bertz CT molecular complexity index is 2790. The minimum atomic E-state index is -1.33. The maximum Gasteiger partial charge on any atom is 0.246 e. The van der Waals surface area contributed by atoms with Crippen LogP contribution in [0.1, 0.15) is 228 Å². The van der Waals surface area contributed by atoms with Gasteiger partial charge in [-0.25, -0.2) is 0 Å². The fourth-order valence-corrected chi connectivity index (χ4v) is 16.4. The number of carbonyl (C=O) groups is 12. The minimum absolute atomic E-state index is 0.0557. The zero-order chi connectivity index (χ0) is 72.2. The van der Waals surface area contributed by atoms with Crippen molar-refractivity contribution in [2.24, 2.45) is 17.8 Å². The van der Waals surface area contributed by atoms with Gasteiger partial charge in [0, 0.05) is 72.9 Å². The van der Waals surface area contributed by atoms with Crippen LogP contribution in [0.2, 0.25) is 0 Å². The van der Waals surface area contributed by atoms with E-state index in [-0.39, 0.29) is 95.0 Å². The number of unbranched alkanes of at least 4 members (excludes halogenated alkanes) is 2. The van der Waals surface area contributed by atoms with E-state index in [9.17, 15) is 24.0 Å². The monoisotopic (exact) mass is 1410 g/mol. The highest BCUT2D eigenvalue weighted by molar-refractivity contribution is 6.20. The van der Waals surface area contributed by atoms with Crippen LogP contribution >= 0.6 is 11.6 Å². The number of ether oxygens (including phenoxy) is 1. The lowest BCUT2D eigenvalue weighted by molar-refractivity contribution is -0.153. The van der Waals surface area contributed by atoms with Gasteiger partial charge in [-0.05, 0) is 127 Å². The highest BCUT2D eigenvalue weighted by atomic mass is 35.5. The Morgan fingerprint density at radius 2 is 1.02 bits per heavy atom. The number of piperidine rings is 1. The molecule has 2 aliphatic carbocycles. The molecule has 0 aromatic rings. The van der Waals surface area contributed by atoms with Crippen molar-refractivity contribution in [1.82, 2.24) is 60.5 Å². The first kappa shape index (κ1) is 80.2. The molecule has 0 radical (unpaired) electrons. The first-order valence-corrected chi connectivity index (χ1v) is 38.5. The molecule has 2 saturated carbocycles. The predicted molar refractivity (Wildman–Crippen MR) is 376 cm³/mol. The largest absolute Gasteiger partial charge is 0.379 e. The SMILES string of the molecule is CCCC[C@@H]1NC(=O)[C@@H]2CCCN2C(=O)[C@H](CCCC)NC(=O)[C@@H](C)N(C)C(=O)C[C@@H](C(=O)N2CCCC2)N(C)C(=O)[C@@H]2CCCN2C(=O)[C@H]([C@@H](C)CC)NC(=O)[C@@H]2CCCCN2C(=O)[C@H](CC2CCCC(Cl)C2)NC(=O)[C@H](COCCC)N(C)C(=O)[C@H](CC2CCCCC2)N(C)C1=O. The van der Waals surface area contributed by atoms with E-state index >= 15 is 33.6 Å². The summed E-state index contributed by atoms with van der Waals surface area (Å²) in [7, 11) is 5.96. The molecule has 5 saturated heterocycles. The average molecular weight is 1410 g/mol. The van der Waals surface area contributed by atoms with E-state index in [1.807, 2.05) is 34.6 Å². The fourth-order valence-electron chi connectivity index (χ4n) is 16.0. The van der Waals surface area contributed by atoms with Crippen molar-refractivity contribution in [3.8, 4) is 0 Å². The molecular weight excluding hydrogens is 1290 g/mol. The van der Waals surface area contributed by atoms with Crippen LogP contribution in [0.5, 0.6) is 0 Å². The summed E-state index contributed by atoms with van der Waals surface area (Å²) < 4.78 is 6.14. The van der Waals surface area contributed by atoms with Crippen LogP contribution in [0.15, 0.2) is 0 Å². The maximum absolute atomic E-state index is 15.7. The van der Waals surface area contributed by atoms with Gasteiger partial charge >= 0.3 is 0 Å². The second-order valence-electron chi connectivity index (χ2n) is 29.8. The number of hydrogen-bond acceptors (Lipinski definition) is 13. The van der Waals surface area contributed by atoms with E-state index in [0.717, 1.165) is 64.2 Å². The summed E-state index contributed by atoms with van der Waals surface area (Å²) in [6.07, 6.45) is 15.6. The van der Waals surface area contributed by atoms with Crippen LogP contribution in [-0.4, -0.2) is 256 Å². The first-order chi connectivity index (χ1) is 47.4. The van der Waals surface area contributed by atoms with Crippen LogP contribution in [0, 0.1) is 17.8 Å². The Morgan fingerprint density at radius 3 is 1.64 bits per heavy atom. The van der Waals surface area contributed by atoms with Gasteiger partial charge in [0.15, 0.2) is 0 Å². The molecule has 0 spiro atoms. The van der Waals surface area contributed by atoms with E-state index in [0.29, 0.717) is 83.7 Å². The number of halogens is 1. The molecule has 5 aliphatic heterocycles. The van der Waals surface area contributed by atoms with Gasteiger partial charge in [-0.15, -0.1) is 11.6 Å². The number of nitrogens with zero attached hydrogens (tertiary/aromatic N) is 8. The van der Waals surface area contributed by atoms with E-state index < -0.39 is 150 Å². The lowest BCUT2D eigenvalue weighted by atomic mass is 9.83. The topological polar surface area (TPSA) is 288 Å². The third-order valence-corrected chi connectivity index (χ3v) is 23.1. The van der Waals surface area contributed by atoms with E-state index in [2.05, 4.69) is 21.3 Å². The molecule has 25 nitrogen and oxygen atoms in total. The normalized spacial score (nSPS) is 31.0. The highest BCUT2D eigenvalue weighted by Gasteiger charge is 2.48. The number of alkyl halides is 1. The molecule has 12 amide bonds. The maximum atomic E-state index is 15.7. The molecule has 5 heterocycles. The number of amides is 12. The van der Waals surface area contributed by atoms with Crippen molar-refractivity contribution in [3.63, 3.8) is 0 Å². The second kappa shape index (κ2) is 38.8. The molecule has 7 rings (SSSR count). The molecule has 4 N–H and O–H groups in total. The summed E-state index contributed by atoms with van der Waals surface area (Å²) in [4.78, 5) is 192. The molecule has 558 valence electrons. The molecule has 0 bridgehead atoms. The van der Waals surface area contributed by atoms with Crippen LogP contribution in [0.3, 0.4) is 0 Å². The molecule has 0 aromatic heterocycles. The predicted octanol–water partition coefficient (Wildman–Crippen LogP) is 5.65. The van der Waals surface area contributed by atoms with Crippen molar-refractivity contribution < 1.29 is 62.3 Å². The van der Waals surface area contributed by atoms with Gasteiger partial charge in [0.2, 0.25) is 70.9 Å². The van der Waals surface area contributed by atoms with Gasteiger partial charge in [-0.3, -0.25) is 57.5 Å². The number of likely N-dealkylation sites (tertiary alicyclic amines) is 1. The zero-order valence-corrected chi connectivity index (χ0v) is 62.1. The summed E-state index contributed by atoms with van der Waals surface area (Å²) in [5.41, 5.74) is 0. The molecule has 0 aromatic carbocycles. The van der Waals surface area contributed by atoms with Crippen molar-refractivity contribution in [2.45, 2.75) is 300 Å². The molecule has 26 heteroatoms. The number of rotatable bonds is 17. The van der Waals surface area contributed by atoms with Crippen molar-refractivity contribution in [3.05, 3.63) is 0 Å². The summed E-state index contributed by atoms with van der Waals surface area (Å²) in [5, 5.41) is 11.9. The summed E-state index contributed by atoms with van der Waals surface area (Å²) >= 11 is 6.82. The second-order valence-corrected chi connectivity index (χ2v) is 30.4. The summed E-state index contributed by atoms with van der Waals surface area (Å²) in [5.74, 6) is -7.13. The Morgan fingerprint density at radius 1 is 0.495 bits per heavy atom. The molecular formula is C73H121ClN12O13. The van der Waals surface area contributed by atoms with Gasteiger partial charge in [-0.1, -0.05) is 112 Å². The van der Waals surface area contributed by atoms with Gasteiger partial charge < -0.3 is 65.2 Å². The number of hydrogen-bond donors (Lipinski definition) is 4. The Hall–Kier alpha value is -6.11. The Labute approximate surface area is 594 Å². The Kier molecular flexibility index (Phi) is 31.4. The quantitative estimate of drug-likeness (QED) is 0.101. The van der Waals surface area contributed by atoms with Gasteiger partial charge in [0.1, 0.15) is 66.5 Å². The molecule has 2 unspecified atom stereocenters. The molecule has 99 heavy (non-hydrogen) atoms. The van der Waals surface area contributed by atoms with Gasteiger partial charge in [0.25, 0.3) is 0 Å². The van der Waals surface area contributed by atoms with Crippen LogP contribution in [-0.2, 0) is 62.3 Å². The van der Waals surface area contributed by atoms with E-state index in [4.69, 9.17) is 16.3 Å². The molecule has 7 fully saturated rings. The zero-order valence-electron chi connectivity index (χ0n) is 61.4. The van der Waals surface area contributed by atoms with Gasteiger partial charge in [0.05, 0.1) is 13.0 Å². The summed E-state index contributed by atoms with van der Waals surface area (Å²) in [6.45, 7) is 12.4. The first-order valence-electron chi connectivity index (χ1n) is 38.1. The number of nitrogens with one attached hydrogen (secondary N) is 4. The lowest BCUT2D eigenvalue weighted by Gasteiger charge is -2.40.